The van der Waals surface area contributed by atoms with Crippen molar-refractivity contribution in [3.63, 3.8) is 0 Å². The number of rotatable bonds is 20. The fourth-order valence-corrected chi connectivity index (χ4v) is 7.62. The maximum absolute atomic E-state index is 12.1. The van der Waals surface area contributed by atoms with Gasteiger partial charge in [-0.15, -0.1) is 0 Å². The van der Waals surface area contributed by atoms with Crippen molar-refractivity contribution >= 4 is 5.97 Å². The number of hydrogen-bond acceptors (Lipinski definition) is 5. The molecule has 0 unspecified atom stereocenters. The zero-order chi connectivity index (χ0) is 35.9. The summed E-state index contributed by atoms with van der Waals surface area (Å²) in [4.78, 5) is 12.1. The molecule has 272 valence electrons. The number of esters is 1. The van der Waals surface area contributed by atoms with Crippen molar-refractivity contribution in [2.75, 3.05) is 26.4 Å². The van der Waals surface area contributed by atoms with Gasteiger partial charge >= 0.3 is 5.97 Å². The lowest BCUT2D eigenvalue weighted by molar-refractivity contribution is -0.138. The summed E-state index contributed by atoms with van der Waals surface area (Å²) in [5.41, 5.74) is 8.27. The van der Waals surface area contributed by atoms with Gasteiger partial charge in [-0.3, -0.25) is 0 Å². The Morgan fingerprint density at radius 1 is 0.800 bits per heavy atom. The van der Waals surface area contributed by atoms with Crippen LogP contribution in [0.4, 0.5) is 0 Å². The Kier molecular flexibility index (Phi) is 15.6. The number of hydrogen-bond donors (Lipinski definition) is 2. The molecule has 1 aliphatic rings. The molecule has 0 atom stereocenters. The molecule has 2 N–H and O–H groups in total. The monoisotopic (exact) mass is 682 g/mol. The van der Waals surface area contributed by atoms with E-state index in [1.165, 1.54) is 79.2 Å². The van der Waals surface area contributed by atoms with Crippen LogP contribution in [0.1, 0.15) is 121 Å². The number of carbonyl (C=O) groups is 1. The lowest BCUT2D eigenvalue weighted by Crippen LogP contribution is -2.31. The van der Waals surface area contributed by atoms with Crippen molar-refractivity contribution in [2.24, 2.45) is 11.3 Å². The molecule has 0 aliphatic heterocycles. The predicted octanol–water partition coefficient (Wildman–Crippen LogP) is 10.6. The minimum atomic E-state index is -0.558. The number of aliphatic hydroxyl groups is 2. The van der Waals surface area contributed by atoms with Gasteiger partial charge in [0.1, 0.15) is 5.75 Å². The van der Waals surface area contributed by atoms with E-state index < -0.39 is 11.4 Å². The van der Waals surface area contributed by atoms with Crippen LogP contribution in [0.3, 0.4) is 0 Å². The molecule has 0 bridgehead atoms. The normalized spacial score (nSPS) is 16.3. The molecule has 0 radical (unpaired) electrons. The van der Waals surface area contributed by atoms with Gasteiger partial charge in [0.25, 0.3) is 0 Å². The van der Waals surface area contributed by atoms with Gasteiger partial charge in [0.15, 0.2) is 0 Å². The highest BCUT2D eigenvalue weighted by molar-refractivity contribution is 5.86. The van der Waals surface area contributed by atoms with E-state index in [0.29, 0.717) is 30.9 Å². The predicted molar refractivity (Wildman–Crippen MR) is 207 cm³/mol. The standard InChI is InChI=1S/C45H62O5/c1-6-9-10-11-34-12-14-36(15-13-34)37-16-18-38(19-17-37)39-20-22-42(35(8-3)29-39)40-21-23-43(41(30-40)24-27-50-44(48)33(4)5)49-28-26-45(31-46,32-47)25-7-2/h16-23,29-30,34,36,46-47H,4,6-15,24-28,31-32H2,1-3,5H3. The molecule has 3 aromatic rings. The molecular formula is C45H62O5. The highest BCUT2D eigenvalue weighted by atomic mass is 16.5. The molecule has 3 aromatic carbocycles. The van der Waals surface area contributed by atoms with Crippen LogP contribution in [-0.4, -0.2) is 42.6 Å². The second-order valence-corrected chi connectivity index (χ2v) is 14.7. The van der Waals surface area contributed by atoms with Gasteiger partial charge in [0.05, 0.1) is 26.4 Å². The third-order valence-corrected chi connectivity index (χ3v) is 10.9. The second kappa shape index (κ2) is 19.8. The molecule has 0 saturated heterocycles. The third kappa shape index (κ3) is 10.8. The molecule has 0 heterocycles. The first-order valence-corrected chi connectivity index (χ1v) is 19.3. The minimum absolute atomic E-state index is 0.0799. The zero-order valence-corrected chi connectivity index (χ0v) is 31.3. The number of unbranched alkanes of at least 4 members (excludes halogenated alkanes) is 2. The van der Waals surface area contributed by atoms with Gasteiger partial charge < -0.3 is 19.7 Å². The molecule has 50 heavy (non-hydrogen) atoms. The van der Waals surface area contributed by atoms with E-state index in [9.17, 15) is 15.0 Å². The number of aryl methyl sites for hydroxylation is 1. The van der Waals surface area contributed by atoms with Gasteiger partial charge in [-0.25, -0.2) is 4.79 Å². The van der Waals surface area contributed by atoms with Crippen LogP contribution < -0.4 is 4.74 Å². The molecule has 5 heteroatoms. The van der Waals surface area contributed by atoms with Crippen LogP contribution in [0.2, 0.25) is 0 Å². The Morgan fingerprint density at radius 3 is 2.12 bits per heavy atom. The minimum Gasteiger partial charge on any atom is -0.493 e. The van der Waals surface area contributed by atoms with E-state index in [1.54, 1.807) is 6.92 Å². The molecule has 1 aliphatic carbocycles. The lowest BCUT2D eigenvalue weighted by atomic mass is 9.77. The van der Waals surface area contributed by atoms with Crippen molar-refractivity contribution in [2.45, 2.75) is 117 Å². The molecule has 5 nitrogen and oxygen atoms in total. The van der Waals surface area contributed by atoms with E-state index >= 15 is 0 Å². The van der Waals surface area contributed by atoms with Crippen molar-refractivity contribution in [1.82, 2.24) is 0 Å². The molecular weight excluding hydrogens is 620 g/mol. The van der Waals surface area contributed by atoms with Crippen molar-refractivity contribution in [3.05, 3.63) is 89.5 Å². The summed E-state index contributed by atoms with van der Waals surface area (Å²) in [6.45, 7) is 12.3. The smallest absolute Gasteiger partial charge is 0.333 e. The molecule has 0 aromatic heterocycles. The van der Waals surface area contributed by atoms with E-state index in [0.717, 1.165) is 42.1 Å². The SMILES string of the molecule is C=C(C)C(=O)OCCc1cc(-c2ccc(-c3ccc(C4CCC(CCCCC)CC4)cc3)cc2CC)ccc1OCCC(CO)(CO)CCC. The van der Waals surface area contributed by atoms with Crippen LogP contribution in [0, 0.1) is 11.3 Å². The Morgan fingerprint density at radius 2 is 1.48 bits per heavy atom. The maximum Gasteiger partial charge on any atom is 0.333 e. The summed E-state index contributed by atoms with van der Waals surface area (Å²) in [5.74, 6) is 1.94. The Labute approximate surface area is 302 Å². The molecule has 1 fully saturated rings. The van der Waals surface area contributed by atoms with Crippen molar-refractivity contribution < 1.29 is 24.5 Å². The average molecular weight is 683 g/mol. The van der Waals surface area contributed by atoms with Gasteiger partial charge in [0, 0.05) is 17.4 Å². The van der Waals surface area contributed by atoms with Gasteiger partial charge in [-0.05, 0) is 115 Å². The number of carbonyl (C=O) groups excluding carboxylic acids is 1. The Hall–Kier alpha value is -3.41. The number of ether oxygens (including phenoxy) is 2. The van der Waals surface area contributed by atoms with Gasteiger partial charge in [-0.2, -0.15) is 0 Å². The summed E-state index contributed by atoms with van der Waals surface area (Å²) in [7, 11) is 0. The fraction of sp³-hybridized carbons (Fsp3) is 0.533. The second-order valence-electron chi connectivity index (χ2n) is 14.7. The summed E-state index contributed by atoms with van der Waals surface area (Å²) < 4.78 is 11.7. The molecule has 1 saturated carbocycles. The van der Waals surface area contributed by atoms with Crippen molar-refractivity contribution in [3.8, 4) is 28.0 Å². The van der Waals surface area contributed by atoms with Gasteiger partial charge in [-0.1, -0.05) is 108 Å². The van der Waals surface area contributed by atoms with E-state index in [-0.39, 0.29) is 19.8 Å². The summed E-state index contributed by atoms with van der Waals surface area (Å²) in [6, 6.07) is 22.3. The third-order valence-electron chi connectivity index (χ3n) is 10.9. The first-order chi connectivity index (χ1) is 24.3. The van der Waals surface area contributed by atoms with E-state index in [2.05, 4.69) is 81.9 Å². The van der Waals surface area contributed by atoms with E-state index in [4.69, 9.17) is 9.47 Å². The highest BCUT2D eigenvalue weighted by Gasteiger charge is 2.28. The summed E-state index contributed by atoms with van der Waals surface area (Å²) >= 11 is 0. The first kappa shape index (κ1) is 39.4. The van der Waals surface area contributed by atoms with Crippen LogP contribution in [0.5, 0.6) is 5.75 Å². The van der Waals surface area contributed by atoms with Crippen LogP contribution in [0.15, 0.2) is 72.8 Å². The molecule has 0 amide bonds. The zero-order valence-electron chi connectivity index (χ0n) is 31.3. The highest BCUT2D eigenvalue weighted by Crippen LogP contribution is 2.39. The van der Waals surface area contributed by atoms with Crippen LogP contribution in [0.25, 0.3) is 22.3 Å². The molecule has 4 rings (SSSR count). The number of aliphatic hydroxyl groups excluding tert-OH is 2. The molecule has 0 spiro atoms. The number of benzene rings is 3. The maximum atomic E-state index is 12.1. The Bertz CT molecular complexity index is 1490. The van der Waals surface area contributed by atoms with Crippen LogP contribution >= 0.6 is 0 Å². The summed E-state index contributed by atoms with van der Waals surface area (Å²) in [5, 5.41) is 20.0. The topological polar surface area (TPSA) is 76.0 Å². The van der Waals surface area contributed by atoms with Crippen molar-refractivity contribution in [1.29, 1.82) is 0 Å². The van der Waals surface area contributed by atoms with Crippen LogP contribution in [-0.2, 0) is 22.4 Å². The fourth-order valence-electron chi connectivity index (χ4n) is 7.62. The Balaban J connectivity index is 1.50. The summed E-state index contributed by atoms with van der Waals surface area (Å²) in [6.07, 6.45) is 14.4. The van der Waals surface area contributed by atoms with E-state index in [1.807, 2.05) is 6.07 Å². The quantitative estimate of drug-likeness (QED) is 0.0705. The first-order valence-electron chi connectivity index (χ1n) is 19.3. The lowest BCUT2D eigenvalue weighted by Gasteiger charge is -2.29. The average Bonchev–Trinajstić information content (AvgIpc) is 3.15. The largest absolute Gasteiger partial charge is 0.493 e. The van der Waals surface area contributed by atoms with Gasteiger partial charge in [0.2, 0.25) is 0 Å².